The number of esters is 2. The van der Waals surface area contributed by atoms with Crippen molar-refractivity contribution >= 4 is 22.7 Å². The van der Waals surface area contributed by atoms with E-state index in [0.29, 0.717) is 0 Å². The van der Waals surface area contributed by atoms with Gasteiger partial charge in [-0.05, 0) is 34.5 Å². The van der Waals surface area contributed by atoms with E-state index in [9.17, 15) is 9.59 Å². The van der Waals surface area contributed by atoms with Gasteiger partial charge >= 0.3 is 11.9 Å². The van der Waals surface area contributed by atoms with Crippen LogP contribution in [0, 0.1) is 0 Å². The first-order valence-corrected chi connectivity index (χ1v) is 6.88. The normalized spacial score (nSPS) is 11.8. The van der Waals surface area contributed by atoms with Crippen LogP contribution >= 0.6 is 0 Å². The fourth-order valence-electron chi connectivity index (χ4n) is 2.16. The summed E-state index contributed by atoms with van der Waals surface area (Å²) in [6, 6.07) is 11.4. The van der Waals surface area contributed by atoms with Gasteiger partial charge in [0.15, 0.2) is 6.10 Å². The highest BCUT2D eigenvalue weighted by Gasteiger charge is 2.17. The van der Waals surface area contributed by atoms with Crippen LogP contribution in [0.15, 0.2) is 36.4 Å². The second kappa shape index (κ2) is 6.93. The number of benzene rings is 2. The van der Waals surface area contributed by atoms with Gasteiger partial charge in [0.25, 0.3) is 0 Å². The van der Waals surface area contributed by atoms with Crippen molar-refractivity contribution in [3.8, 4) is 5.75 Å². The van der Waals surface area contributed by atoms with Gasteiger partial charge in [-0.1, -0.05) is 18.2 Å². The molecule has 0 saturated heterocycles. The van der Waals surface area contributed by atoms with Crippen LogP contribution in [-0.2, 0) is 19.1 Å². The summed E-state index contributed by atoms with van der Waals surface area (Å²) in [5.41, 5.74) is 0.772. The van der Waals surface area contributed by atoms with E-state index in [0.717, 1.165) is 22.1 Å². The van der Waals surface area contributed by atoms with Gasteiger partial charge in [-0.2, -0.15) is 0 Å². The lowest BCUT2D eigenvalue weighted by Crippen LogP contribution is -2.16. The van der Waals surface area contributed by atoms with Crippen molar-refractivity contribution in [1.29, 1.82) is 0 Å². The molecule has 1 unspecified atom stereocenters. The molecule has 0 radical (unpaired) electrons. The maximum absolute atomic E-state index is 11.2. The third kappa shape index (κ3) is 3.97. The first kappa shape index (κ1) is 15.8. The Bertz CT molecular complexity index is 693. The largest absolute Gasteiger partial charge is 0.497 e. The highest BCUT2D eigenvalue weighted by Crippen LogP contribution is 2.26. The van der Waals surface area contributed by atoms with Crippen molar-refractivity contribution in [2.45, 2.75) is 20.0 Å². The Hall–Kier alpha value is -2.56. The van der Waals surface area contributed by atoms with E-state index in [1.54, 1.807) is 7.11 Å². The van der Waals surface area contributed by atoms with Crippen molar-refractivity contribution < 1.29 is 23.8 Å². The molecule has 5 nitrogen and oxygen atoms in total. The molecule has 0 bridgehead atoms. The Labute approximate surface area is 128 Å². The summed E-state index contributed by atoms with van der Waals surface area (Å²) >= 11 is 0. The van der Waals surface area contributed by atoms with Crippen LogP contribution < -0.4 is 4.74 Å². The molecule has 0 spiro atoms. The van der Waals surface area contributed by atoms with E-state index < -0.39 is 18.0 Å². The number of carbonyl (C=O) groups is 2. The molecule has 2 rings (SSSR count). The van der Waals surface area contributed by atoms with Crippen LogP contribution in [0.1, 0.15) is 25.5 Å². The Kier molecular flexibility index (Phi) is 4.99. The molecule has 22 heavy (non-hydrogen) atoms. The van der Waals surface area contributed by atoms with Crippen LogP contribution in [-0.4, -0.2) is 25.7 Å². The van der Waals surface area contributed by atoms with E-state index in [2.05, 4.69) is 0 Å². The Morgan fingerprint density at radius 2 is 1.68 bits per heavy atom. The Morgan fingerprint density at radius 3 is 2.32 bits per heavy atom. The predicted molar refractivity (Wildman–Crippen MR) is 81.6 cm³/mol. The van der Waals surface area contributed by atoms with Crippen LogP contribution in [0.25, 0.3) is 10.8 Å². The topological polar surface area (TPSA) is 61.8 Å². The second-order valence-electron chi connectivity index (χ2n) is 4.87. The number of hydrogen-bond acceptors (Lipinski definition) is 5. The van der Waals surface area contributed by atoms with E-state index in [1.165, 1.54) is 13.8 Å². The zero-order chi connectivity index (χ0) is 16.1. The maximum Gasteiger partial charge on any atom is 0.303 e. The van der Waals surface area contributed by atoms with Crippen molar-refractivity contribution in [2.24, 2.45) is 0 Å². The Morgan fingerprint density at radius 1 is 1.00 bits per heavy atom. The minimum absolute atomic E-state index is 0.00340. The van der Waals surface area contributed by atoms with Gasteiger partial charge < -0.3 is 14.2 Å². The molecule has 0 fully saturated rings. The van der Waals surface area contributed by atoms with Gasteiger partial charge in [-0.3, -0.25) is 9.59 Å². The molecule has 0 amide bonds. The lowest BCUT2D eigenvalue weighted by atomic mass is 10.0. The molecule has 116 valence electrons. The van der Waals surface area contributed by atoms with E-state index in [4.69, 9.17) is 14.2 Å². The van der Waals surface area contributed by atoms with Crippen molar-refractivity contribution in [2.75, 3.05) is 13.7 Å². The summed E-state index contributed by atoms with van der Waals surface area (Å²) in [7, 11) is 1.62. The zero-order valence-electron chi connectivity index (χ0n) is 12.8. The number of carbonyl (C=O) groups excluding carboxylic acids is 2. The molecule has 0 aliphatic heterocycles. The molecule has 0 saturated carbocycles. The molecule has 0 aromatic heterocycles. The minimum Gasteiger partial charge on any atom is -0.497 e. The molecular formula is C17H18O5. The fourth-order valence-corrected chi connectivity index (χ4v) is 2.16. The predicted octanol–water partition coefficient (Wildman–Crippen LogP) is 3.02. The highest BCUT2D eigenvalue weighted by molar-refractivity contribution is 5.84. The van der Waals surface area contributed by atoms with Gasteiger partial charge in [-0.25, -0.2) is 0 Å². The molecule has 0 aliphatic rings. The maximum atomic E-state index is 11.2. The van der Waals surface area contributed by atoms with Crippen LogP contribution in [0.2, 0.25) is 0 Å². The summed E-state index contributed by atoms with van der Waals surface area (Å²) in [4.78, 5) is 22.2. The smallest absolute Gasteiger partial charge is 0.303 e. The average Bonchev–Trinajstić information content (AvgIpc) is 2.49. The van der Waals surface area contributed by atoms with E-state index >= 15 is 0 Å². The van der Waals surface area contributed by atoms with Crippen molar-refractivity contribution in [3.63, 3.8) is 0 Å². The highest BCUT2D eigenvalue weighted by atomic mass is 16.6. The SMILES string of the molecule is COc1ccc2cc(C(COC(C)=O)OC(C)=O)ccc2c1. The second-order valence-corrected chi connectivity index (χ2v) is 4.87. The zero-order valence-corrected chi connectivity index (χ0v) is 12.8. The summed E-state index contributed by atoms with van der Waals surface area (Å²) in [5.74, 6) is -0.0636. The molecule has 0 aliphatic carbocycles. The standard InChI is InChI=1S/C17H18O5/c1-11(18)21-10-17(22-12(2)19)15-5-4-14-9-16(20-3)7-6-13(14)8-15/h4-9,17H,10H2,1-3H3. The third-order valence-corrected chi connectivity index (χ3v) is 3.19. The average molecular weight is 302 g/mol. The van der Waals surface area contributed by atoms with Gasteiger partial charge in [0, 0.05) is 13.8 Å². The summed E-state index contributed by atoms with van der Waals surface area (Å²) in [5, 5.41) is 2.00. The molecule has 2 aromatic carbocycles. The molecule has 1 atom stereocenters. The van der Waals surface area contributed by atoms with Gasteiger partial charge in [0.2, 0.25) is 0 Å². The first-order valence-electron chi connectivity index (χ1n) is 6.88. The molecule has 5 heteroatoms. The minimum atomic E-state index is -0.618. The van der Waals surface area contributed by atoms with Crippen LogP contribution in [0.4, 0.5) is 0 Å². The van der Waals surface area contributed by atoms with E-state index in [-0.39, 0.29) is 6.61 Å². The molecule has 2 aromatic rings. The fraction of sp³-hybridized carbons (Fsp3) is 0.294. The van der Waals surface area contributed by atoms with Gasteiger partial charge in [0.1, 0.15) is 12.4 Å². The number of methoxy groups -OCH3 is 1. The number of fused-ring (bicyclic) bond motifs is 1. The Balaban J connectivity index is 2.31. The number of hydrogen-bond donors (Lipinski definition) is 0. The molecule has 0 heterocycles. The summed E-state index contributed by atoms with van der Waals surface area (Å²) in [6.07, 6.45) is -0.618. The van der Waals surface area contributed by atoms with E-state index in [1.807, 2.05) is 36.4 Å². The van der Waals surface area contributed by atoms with Crippen LogP contribution in [0.5, 0.6) is 5.75 Å². The lowest BCUT2D eigenvalue weighted by molar-refractivity contribution is -0.156. The number of ether oxygens (including phenoxy) is 3. The number of rotatable bonds is 5. The summed E-state index contributed by atoms with van der Waals surface area (Å²) in [6.45, 7) is 2.64. The lowest BCUT2D eigenvalue weighted by Gasteiger charge is -2.17. The monoisotopic (exact) mass is 302 g/mol. The molecular weight excluding hydrogens is 284 g/mol. The van der Waals surface area contributed by atoms with Gasteiger partial charge in [0.05, 0.1) is 7.11 Å². The molecule has 0 N–H and O–H groups in total. The first-order chi connectivity index (χ1) is 10.5. The quantitative estimate of drug-likeness (QED) is 0.794. The van der Waals surface area contributed by atoms with Gasteiger partial charge in [-0.15, -0.1) is 0 Å². The third-order valence-electron chi connectivity index (χ3n) is 3.19. The van der Waals surface area contributed by atoms with Crippen molar-refractivity contribution in [1.82, 2.24) is 0 Å². The summed E-state index contributed by atoms with van der Waals surface area (Å²) < 4.78 is 15.4. The van der Waals surface area contributed by atoms with Crippen LogP contribution in [0.3, 0.4) is 0 Å². The van der Waals surface area contributed by atoms with Crippen molar-refractivity contribution in [3.05, 3.63) is 42.0 Å².